The molecule has 0 heterocycles. The van der Waals surface area contributed by atoms with Crippen LogP contribution in [0.25, 0.3) is 0 Å². The van der Waals surface area contributed by atoms with Crippen LogP contribution in [0, 0.1) is 46.3 Å². The minimum absolute atomic E-state index is 0.134. The summed E-state index contributed by atoms with van der Waals surface area (Å²) in [6.45, 7) is 7.02. The van der Waals surface area contributed by atoms with Crippen LogP contribution in [0.2, 0.25) is 0 Å². The Labute approximate surface area is 244 Å². The molecule has 1 aromatic carbocycles. The summed E-state index contributed by atoms with van der Waals surface area (Å²) >= 11 is 5.68. The number of carbonyl (C=O) groups excluding carboxylic acids is 1. The van der Waals surface area contributed by atoms with Crippen LogP contribution in [-0.4, -0.2) is 39.2 Å². The summed E-state index contributed by atoms with van der Waals surface area (Å²) in [5.74, 6) is 2.19. The molecule has 1 amide bonds. The number of aliphatic hydroxyl groups is 2. The molecule has 5 rings (SSSR count). The van der Waals surface area contributed by atoms with Crippen LogP contribution in [-0.2, 0) is 4.79 Å². The standard InChI is InChI=1S/C33H47ClN2O4/c1-21(9-14-30(39)35-36(31(40)19-34)20-22-7-5-4-6-8-22)26-12-13-27-25-11-10-23-17-24(37)15-16-32(23,2)28(25)18-29(38)33(26,27)3/h4-8,19-21,23-29,37-38H,9-18H2,1-3H3,(H-,35,39,40)/b31-19+,36-20-/t21-,23+,24-,25+,26-,27+,28+,29+,32+,33-/m1/s1. The minimum Gasteiger partial charge on any atom is -0.821 e. The molecular formula is C33H47ClN2O4. The van der Waals surface area contributed by atoms with Gasteiger partial charge in [-0.05, 0) is 116 Å². The van der Waals surface area contributed by atoms with Gasteiger partial charge in [0.25, 0.3) is 5.91 Å². The van der Waals surface area contributed by atoms with E-state index in [1.54, 1.807) is 6.21 Å². The molecule has 10 atom stereocenters. The van der Waals surface area contributed by atoms with E-state index in [2.05, 4.69) is 26.2 Å². The van der Waals surface area contributed by atoms with Crippen LogP contribution in [0.5, 0.6) is 0 Å². The molecule has 1 aromatic rings. The highest BCUT2D eigenvalue weighted by Crippen LogP contribution is 2.68. The first kappa shape index (κ1) is 29.6. The van der Waals surface area contributed by atoms with Crippen molar-refractivity contribution < 1.29 is 24.8 Å². The molecule has 0 spiro atoms. The van der Waals surface area contributed by atoms with Gasteiger partial charge in [0.2, 0.25) is 6.21 Å². The normalized spacial score (nSPS) is 40.5. The fourth-order valence-electron chi connectivity index (χ4n) is 9.80. The lowest BCUT2D eigenvalue weighted by Crippen LogP contribution is -2.58. The highest BCUT2D eigenvalue weighted by molar-refractivity contribution is 6.25. The van der Waals surface area contributed by atoms with E-state index in [9.17, 15) is 20.1 Å². The van der Waals surface area contributed by atoms with E-state index >= 15 is 0 Å². The van der Waals surface area contributed by atoms with E-state index in [4.69, 9.17) is 11.6 Å². The lowest BCUT2D eigenvalue weighted by atomic mass is 9.43. The van der Waals surface area contributed by atoms with Gasteiger partial charge >= 0.3 is 0 Å². The predicted octanol–water partition coefficient (Wildman–Crippen LogP) is 4.95. The first-order valence-corrected chi connectivity index (χ1v) is 15.8. The Balaban J connectivity index is 1.24. The number of nitrogens with zero attached hydrogens (tertiary/aromatic N) is 1. The number of hydrogen-bond donors (Lipinski definition) is 3. The van der Waals surface area contributed by atoms with Crippen LogP contribution in [0.1, 0.15) is 90.5 Å². The first-order valence-electron chi connectivity index (χ1n) is 15.4. The number of hydrazine groups is 1. The highest BCUT2D eigenvalue weighted by atomic mass is 35.5. The Morgan fingerprint density at radius 2 is 1.88 bits per heavy atom. The van der Waals surface area contributed by atoms with Crippen molar-refractivity contribution in [1.29, 1.82) is 0 Å². The van der Waals surface area contributed by atoms with Gasteiger partial charge < -0.3 is 15.3 Å². The van der Waals surface area contributed by atoms with Crippen molar-refractivity contribution in [3.05, 3.63) is 47.3 Å². The summed E-state index contributed by atoms with van der Waals surface area (Å²) < 4.78 is 1.15. The molecule has 0 aromatic heterocycles. The van der Waals surface area contributed by atoms with Gasteiger partial charge in [-0.2, -0.15) is 0 Å². The molecule has 7 heteroatoms. The number of fused-ring (bicyclic) bond motifs is 5. The number of hydrazone groups is 1. The van der Waals surface area contributed by atoms with Crippen LogP contribution >= 0.6 is 11.6 Å². The number of aliphatic hydroxyl groups excluding tert-OH is 2. The van der Waals surface area contributed by atoms with Crippen molar-refractivity contribution in [2.24, 2.45) is 46.3 Å². The summed E-state index contributed by atoms with van der Waals surface area (Å²) in [5, 5.41) is 34.4. The number of rotatable bonds is 7. The third-order valence-electron chi connectivity index (χ3n) is 12.0. The Bertz CT molecular complexity index is 1120. The average molecular weight is 571 g/mol. The lowest BCUT2D eigenvalue weighted by Gasteiger charge is -2.62. The van der Waals surface area contributed by atoms with Gasteiger partial charge in [0.05, 0.1) is 17.7 Å². The molecule has 6 nitrogen and oxygen atoms in total. The molecule has 3 N–H and O–H groups in total. The summed E-state index contributed by atoms with van der Waals surface area (Å²) in [5.41, 5.74) is 4.51. The maximum absolute atomic E-state index is 12.9. The van der Waals surface area contributed by atoms with Gasteiger partial charge in [0.15, 0.2) is 5.88 Å². The van der Waals surface area contributed by atoms with Gasteiger partial charge in [-0.25, -0.2) is 0 Å². The van der Waals surface area contributed by atoms with Gasteiger partial charge in [-0.1, -0.05) is 55.3 Å². The molecule has 0 bridgehead atoms. The smallest absolute Gasteiger partial charge is 0.274 e. The van der Waals surface area contributed by atoms with Crippen LogP contribution < -0.4 is 10.5 Å². The molecule has 220 valence electrons. The third kappa shape index (κ3) is 5.36. The average Bonchev–Trinajstić information content (AvgIpc) is 3.31. The molecular weight excluding hydrogens is 524 g/mol. The second-order valence-corrected chi connectivity index (χ2v) is 14.0. The molecule has 4 aliphatic rings. The molecule has 0 radical (unpaired) electrons. The predicted molar refractivity (Wildman–Crippen MR) is 155 cm³/mol. The zero-order valence-electron chi connectivity index (χ0n) is 24.3. The van der Waals surface area contributed by atoms with Crippen LogP contribution in [0.4, 0.5) is 0 Å². The molecule has 0 aliphatic heterocycles. The van der Waals surface area contributed by atoms with Gasteiger partial charge in [-0.3, -0.25) is 4.79 Å². The number of halogens is 1. The Morgan fingerprint density at radius 3 is 2.60 bits per heavy atom. The summed E-state index contributed by atoms with van der Waals surface area (Å²) in [6, 6.07) is 9.33. The van der Waals surface area contributed by atoms with Crippen LogP contribution in [0.15, 0.2) is 41.8 Å². The van der Waals surface area contributed by atoms with E-state index < -0.39 is 5.88 Å². The SMILES string of the molecule is C[C@H](CCC(=O)N[N+](=C\c1ccccc1)/C([O-])=C\Cl)[C@H]1CC[C@H]2[C@@H]3CC[C@H]4C[C@H](O)CC[C@]4(C)[C@H]3C[C@H](O)[C@]12C. The maximum Gasteiger partial charge on any atom is 0.274 e. The number of amides is 1. The molecule has 4 aliphatic carbocycles. The van der Waals surface area contributed by atoms with Crippen LogP contribution in [0.3, 0.4) is 0 Å². The number of carbonyl (C=O) groups is 1. The quantitative estimate of drug-likeness (QED) is 0.187. The van der Waals surface area contributed by atoms with Gasteiger partial charge in [0, 0.05) is 12.0 Å². The Morgan fingerprint density at radius 1 is 1.12 bits per heavy atom. The van der Waals surface area contributed by atoms with Crippen molar-refractivity contribution in [2.75, 3.05) is 0 Å². The summed E-state index contributed by atoms with van der Waals surface area (Å²) in [6.07, 6.45) is 10.5. The van der Waals surface area contributed by atoms with E-state index in [1.807, 2.05) is 30.3 Å². The second-order valence-electron chi connectivity index (χ2n) is 13.8. The fourth-order valence-corrected chi connectivity index (χ4v) is 9.91. The number of nitrogens with one attached hydrogen (secondary N) is 1. The zero-order chi connectivity index (χ0) is 28.7. The topological polar surface area (TPSA) is 95.6 Å². The largest absolute Gasteiger partial charge is 0.821 e. The Kier molecular flexibility index (Phi) is 8.71. The minimum atomic E-state index is -0.506. The monoisotopic (exact) mass is 570 g/mol. The van der Waals surface area contributed by atoms with Crippen molar-refractivity contribution in [2.45, 2.75) is 97.2 Å². The van der Waals surface area contributed by atoms with Crippen molar-refractivity contribution in [3.63, 3.8) is 0 Å². The van der Waals surface area contributed by atoms with E-state index in [-0.39, 0.29) is 34.9 Å². The second kappa shape index (κ2) is 11.8. The zero-order valence-corrected chi connectivity index (χ0v) is 25.0. The molecule has 4 fully saturated rings. The lowest BCUT2D eigenvalue weighted by molar-refractivity contribution is -0.630. The summed E-state index contributed by atoms with van der Waals surface area (Å²) in [7, 11) is 0. The summed E-state index contributed by atoms with van der Waals surface area (Å²) in [4.78, 5) is 12.9. The molecule has 4 saturated carbocycles. The highest BCUT2D eigenvalue weighted by Gasteiger charge is 2.63. The van der Waals surface area contributed by atoms with Crippen molar-refractivity contribution in [3.8, 4) is 0 Å². The van der Waals surface area contributed by atoms with E-state index in [1.165, 1.54) is 12.8 Å². The molecule has 0 unspecified atom stereocenters. The number of benzene rings is 1. The first-order chi connectivity index (χ1) is 19.1. The van der Waals surface area contributed by atoms with Crippen molar-refractivity contribution in [1.82, 2.24) is 5.43 Å². The third-order valence-corrected chi connectivity index (χ3v) is 12.2. The Hall–Kier alpha value is -1.89. The van der Waals surface area contributed by atoms with Crippen molar-refractivity contribution >= 4 is 23.7 Å². The van der Waals surface area contributed by atoms with E-state index in [0.717, 1.165) is 54.3 Å². The fraction of sp³-hybridized carbons (Fsp3) is 0.697. The van der Waals surface area contributed by atoms with Gasteiger partial charge in [0.1, 0.15) is 0 Å². The van der Waals surface area contributed by atoms with E-state index in [0.29, 0.717) is 42.4 Å². The van der Waals surface area contributed by atoms with Gasteiger partial charge in [-0.15, -0.1) is 5.43 Å². The molecule has 40 heavy (non-hydrogen) atoms. The number of hydrogen-bond acceptors (Lipinski definition) is 4. The maximum atomic E-state index is 12.9. The molecule has 0 saturated heterocycles.